The molecule has 0 aromatic rings. The maximum atomic E-state index is 12.1. The van der Waals surface area contributed by atoms with Gasteiger partial charge >= 0.3 is 0 Å². The fraction of sp³-hybridized carbons (Fsp3) is 0.933. The summed E-state index contributed by atoms with van der Waals surface area (Å²) in [5.41, 5.74) is 5.87. The molecular weight excluding hydrogens is 309 g/mol. The number of nitrogens with zero attached hydrogens (tertiary/aromatic N) is 1. The first-order valence-corrected chi connectivity index (χ1v) is 7.83. The lowest BCUT2D eigenvalue weighted by molar-refractivity contribution is -0.125. The van der Waals surface area contributed by atoms with Crippen LogP contribution in [-0.2, 0) is 4.79 Å². The molecule has 0 radical (unpaired) electrons. The van der Waals surface area contributed by atoms with Gasteiger partial charge in [0.05, 0.1) is 0 Å². The molecule has 2 aliphatic rings. The Labute approximate surface area is 141 Å². The summed E-state index contributed by atoms with van der Waals surface area (Å²) in [5, 5.41) is 3.17. The van der Waals surface area contributed by atoms with Gasteiger partial charge < -0.3 is 16.0 Å². The Morgan fingerprint density at radius 2 is 2.05 bits per heavy atom. The van der Waals surface area contributed by atoms with Crippen LogP contribution in [0.15, 0.2) is 0 Å². The highest BCUT2D eigenvalue weighted by Crippen LogP contribution is 2.24. The van der Waals surface area contributed by atoms with Crippen molar-refractivity contribution in [1.29, 1.82) is 0 Å². The van der Waals surface area contributed by atoms with Crippen LogP contribution in [0.4, 0.5) is 0 Å². The highest BCUT2D eigenvalue weighted by atomic mass is 35.5. The van der Waals surface area contributed by atoms with Gasteiger partial charge in [0.15, 0.2) is 0 Å². The highest BCUT2D eigenvalue weighted by molar-refractivity contribution is 5.85. The van der Waals surface area contributed by atoms with Gasteiger partial charge in [0.1, 0.15) is 0 Å². The van der Waals surface area contributed by atoms with Crippen molar-refractivity contribution in [3.63, 3.8) is 0 Å². The molecule has 2 rings (SSSR count). The lowest BCUT2D eigenvalue weighted by Crippen LogP contribution is -2.46. The number of likely N-dealkylation sites (tertiary alicyclic amines) is 1. The predicted molar refractivity (Wildman–Crippen MR) is 92.3 cm³/mol. The van der Waals surface area contributed by atoms with Gasteiger partial charge in [0.2, 0.25) is 5.91 Å². The second-order valence-corrected chi connectivity index (χ2v) is 6.69. The molecule has 126 valence electrons. The van der Waals surface area contributed by atoms with E-state index in [-0.39, 0.29) is 48.7 Å². The summed E-state index contributed by atoms with van der Waals surface area (Å²) in [6.07, 6.45) is 5.45. The van der Waals surface area contributed by atoms with Gasteiger partial charge in [-0.15, -0.1) is 24.8 Å². The highest BCUT2D eigenvalue weighted by Gasteiger charge is 2.28. The zero-order chi connectivity index (χ0) is 13.8. The summed E-state index contributed by atoms with van der Waals surface area (Å²) in [5.74, 6) is 1.16. The number of hydrogen-bond acceptors (Lipinski definition) is 3. The maximum Gasteiger partial charge on any atom is 0.223 e. The third-order valence-electron chi connectivity index (χ3n) is 4.51. The van der Waals surface area contributed by atoms with Crippen molar-refractivity contribution in [3.05, 3.63) is 0 Å². The fourth-order valence-electron chi connectivity index (χ4n) is 3.50. The number of amides is 1. The molecule has 1 aliphatic heterocycles. The molecule has 4 nitrogen and oxygen atoms in total. The molecule has 3 N–H and O–H groups in total. The Morgan fingerprint density at radius 1 is 1.33 bits per heavy atom. The Balaban J connectivity index is 0.00000200. The van der Waals surface area contributed by atoms with Crippen molar-refractivity contribution in [3.8, 4) is 0 Å². The maximum absolute atomic E-state index is 12.1. The Morgan fingerprint density at radius 3 is 2.62 bits per heavy atom. The molecule has 0 bridgehead atoms. The van der Waals surface area contributed by atoms with E-state index in [1.54, 1.807) is 0 Å². The van der Waals surface area contributed by atoms with Crippen LogP contribution in [0.5, 0.6) is 0 Å². The zero-order valence-electron chi connectivity index (χ0n) is 13.2. The zero-order valence-corrected chi connectivity index (χ0v) is 14.8. The molecule has 1 saturated carbocycles. The molecule has 0 aromatic carbocycles. The summed E-state index contributed by atoms with van der Waals surface area (Å²) in [6, 6.07) is 0.476. The van der Waals surface area contributed by atoms with Crippen LogP contribution < -0.4 is 11.1 Å². The Hall–Kier alpha value is -0.0300. The lowest BCUT2D eigenvalue weighted by atomic mass is 10.00. The van der Waals surface area contributed by atoms with E-state index < -0.39 is 0 Å². The van der Waals surface area contributed by atoms with Gasteiger partial charge in [-0.3, -0.25) is 4.79 Å². The summed E-state index contributed by atoms with van der Waals surface area (Å²) in [6.45, 7) is 7.77. The average molecular weight is 340 g/mol. The molecule has 4 atom stereocenters. The smallest absolute Gasteiger partial charge is 0.223 e. The van der Waals surface area contributed by atoms with Crippen molar-refractivity contribution in [2.24, 2.45) is 17.6 Å². The number of rotatable bonds is 4. The molecule has 6 heteroatoms. The molecule has 1 amide bonds. The second-order valence-electron chi connectivity index (χ2n) is 6.69. The van der Waals surface area contributed by atoms with E-state index >= 15 is 0 Å². The van der Waals surface area contributed by atoms with Crippen LogP contribution >= 0.6 is 24.8 Å². The SMILES string of the molecule is CC1CCCN(CC(C)NC(=O)C2CCC(N)C2)C1.Cl.Cl. The number of carbonyl (C=O) groups is 1. The van der Waals surface area contributed by atoms with Crippen LogP contribution in [0.3, 0.4) is 0 Å². The summed E-state index contributed by atoms with van der Waals surface area (Å²) in [4.78, 5) is 14.6. The van der Waals surface area contributed by atoms with Gasteiger partial charge in [-0.1, -0.05) is 6.92 Å². The minimum absolute atomic E-state index is 0. The van der Waals surface area contributed by atoms with Crippen molar-refractivity contribution >= 4 is 30.7 Å². The molecular formula is C15H31Cl2N3O. The monoisotopic (exact) mass is 339 g/mol. The number of carbonyl (C=O) groups excluding carboxylic acids is 1. The van der Waals surface area contributed by atoms with E-state index in [1.807, 2.05) is 0 Å². The molecule has 1 heterocycles. The van der Waals surface area contributed by atoms with E-state index in [4.69, 9.17) is 5.73 Å². The van der Waals surface area contributed by atoms with E-state index in [0.717, 1.165) is 31.7 Å². The second kappa shape index (κ2) is 9.88. The minimum atomic E-state index is 0. The van der Waals surface area contributed by atoms with Crippen LogP contribution in [0, 0.1) is 11.8 Å². The van der Waals surface area contributed by atoms with E-state index in [9.17, 15) is 4.79 Å². The first kappa shape index (κ1) is 21.0. The molecule has 0 aromatic heterocycles. The minimum Gasteiger partial charge on any atom is -0.352 e. The Bertz CT molecular complexity index is 317. The molecule has 1 saturated heterocycles. The van der Waals surface area contributed by atoms with E-state index in [2.05, 4.69) is 24.1 Å². The van der Waals surface area contributed by atoms with Crippen LogP contribution in [0.25, 0.3) is 0 Å². The van der Waals surface area contributed by atoms with E-state index in [1.165, 1.54) is 25.9 Å². The third-order valence-corrected chi connectivity index (χ3v) is 4.51. The number of halogens is 2. The topological polar surface area (TPSA) is 58.4 Å². The Kier molecular flexibility index (Phi) is 9.87. The summed E-state index contributed by atoms with van der Waals surface area (Å²) in [7, 11) is 0. The van der Waals surface area contributed by atoms with Gasteiger partial charge in [-0.05, 0) is 51.5 Å². The van der Waals surface area contributed by atoms with Crippen LogP contribution in [0.2, 0.25) is 0 Å². The number of nitrogens with one attached hydrogen (secondary N) is 1. The third kappa shape index (κ3) is 6.72. The quantitative estimate of drug-likeness (QED) is 0.825. The number of piperidine rings is 1. The predicted octanol–water partition coefficient (Wildman–Crippen LogP) is 2.19. The van der Waals surface area contributed by atoms with Gasteiger partial charge in [0.25, 0.3) is 0 Å². The summed E-state index contributed by atoms with van der Waals surface area (Å²) >= 11 is 0. The average Bonchev–Trinajstić information content (AvgIpc) is 2.75. The number of nitrogens with two attached hydrogens (primary N) is 1. The lowest BCUT2D eigenvalue weighted by Gasteiger charge is -2.33. The normalized spacial score (nSPS) is 30.9. The van der Waals surface area contributed by atoms with Crippen LogP contribution in [-0.4, -0.2) is 42.5 Å². The molecule has 1 aliphatic carbocycles. The molecule has 2 fully saturated rings. The van der Waals surface area contributed by atoms with Gasteiger partial charge in [-0.2, -0.15) is 0 Å². The first-order valence-electron chi connectivity index (χ1n) is 7.83. The first-order chi connectivity index (χ1) is 9.04. The van der Waals surface area contributed by atoms with Gasteiger partial charge in [-0.25, -0.2) is 0 Å². The van der Waals surface area contributed by atoms with E-state index in [0.29, 0.717) is 0 Å². The number of hydrogen-bond donors (Lipinski definition) is 2. The standard InChI is InChI=1S/C15H29N3O.2ClH/c1-11-4-3-7-18(9-11)10-12(2)17-15(19)13-5-6-14(16)8-13;;/h11-14H,3-10,16H2,1-2H3,(H,17,19);2*1H. The van der Waals surface area contributed by atoms with Crippen LogP contribution in [0.1, 0.15) is 46.0 Å². The molecule has 4 unspecified atom stereocenters. The summed E-state index contributed by atoms with van der Waals surface area (Å²) < 4.78 is 0. The van der Waals surface area contributed by atoms with Crippen molar-refractivity contribution in [1.82, 2.24) is 10.2 Å². The van der Waals surface area contributed by atoms with Gasteiger partial charge in [0, 0.05) is 31.1 Å². The molecule has 0 spiro atoms. The van der Waals surface area contributed by atoms with Crippen molar-refractivity contribution in [2.45, 2.75) is 58.0 Å². The fourth-order valence-corrected chi connectivity index (χ4v) is 3.50. The van der Waals surface area contributed by atoms with Crippen molar-refractivity contribution in [2.75, 3.05) is 19.6 Å². The van der Waals surface area contributed by atoms with Crippen molar-refractivity contribution < 1.29 is 4.79 Å². The molecule has 21 heavy (non-hydrogen) atoms. The largest absolute Gasteiger partial charge is 0.352 e.